The number of amides is 2. The molecule has 0 spiro atoms. The molecule has 1 fully saturated rings. The molecule has 0 aromatic carbocycles. The van der Waals surface area contributed by atoms with E-state index < -0.39 is 0 Å². The number of hydrogen-bond acceptors (Lipinski definition) is 3. The lowest BCUT2D eigenvalue weighted by molar-refractivity contribution is -0.143. The molecule has 1 saturated heterocycles. The summed E-state index contributed by atoms with van der Waals surface area (Å²) in [6.07, 6.45) is 0.845. The highest BCUT2D eigenvalue weighted by Gasteiger charge is 2.39. The molecular formula is C12H23N3O2. The summed E-state index contributed by atoms with van der Waals surface area (Å²) in [5, 5.41) is 5.92. The summed E-state index contributed by atoms with van der Waals surface area (Å²) < 4.78 is 0. The normalized spacial score (nSPS) is 23.5. The maximum Gasteiger partial charge on any atom is 0.239 e. The third-order valence-corrected chi connectivity index (χ3v) is 3.26. The van der Waals surface area contributed by atoms with E-state index in [1.165, 1.54) is 0 Å². The Morgan fingerprint density at radius 2 is 2.12 bits per heavy atom. The van der Waals surface area contributed by atoms with Crippen molar-refractivity contribution in [2.24, 2.45) is 5.41 Å². The standard InChI is InChI=1S/C12H23N3O2/c1-4-14-10(16)8-15(5-2)11(17)12(3)6-7-13-9-12/h13H,4-9H2,1-3H3,(H,14,16). The minimum atomic E-state index is -0.345. The summed E-state index contributed by atoms with van der Waals surface area (Å²) in [4.78, 5) is 25.5. The highest BCUT2D eigenvalue weighted by atomic mass is 16.2. The molecule has 0 saturated carbocycles. The molecule has 5 nitrogen and oxygen atoms in total. The smallest absolute Gasteiger partial charge is 0.239 e. The van der Waals surface area contributed by atoms with Gasteiger partial charge >= 0.3 is 0 Å². The maximum absolute atomic E-state index is 12.3. The first-order valence-electron chi connectivity index (χ1n) is 6.30. The van der Waals surface area contributed by atoms with Crippen LogP contribution in [0.1, 0.15) is 27.2 Å². The van der Waals surface area contributed by atoms with Gasteiger partial charge in [-0.2, -0.15) is 0 Å². The Bertz CT molecular complexity index is 285. The van der Waals surface area contributed by atoms with Crippen molar-refractivity contribution < 1.29 is 9.59 Å². The summed E-state index contributed by atoms with van der Waals surface area (Å²) in [6.45, 7) is 8.67. The number of rotatable bonds is 5. The van der Waals surface area contributed by atoms with Crippen LogP contribution < -0.4 is 10.6 Å². The van der Waals surface area contributed by atoms with Gasteiger partial charge in [0.05, 0.1) is 12.0 Å². The van der Waals surface area contributed by atoms with E-state index in [1.807, 2.05) is 20.8 Å². The molecule has 1 aliphatic heterocycles. The first kappa shape index (κ1) is 14.0. The molecule has 2 N–H and O–H groups in total. The molecule has 0 aromatic heterocycles. The highest BCUT2D eigenvalue weighted by Crippen LogP contribution is 2.26. The van der Waals surface area contributed by atoms with Crippen molar-refractivity contribution in [2.75, 3.05) is 32.7 Å². The van der Waals surface area contributed by atoms with Crippen molar-refractivity contribution in [2.45, 2.75) is 27.2 Å². The zero-order chi connectivity index (χ0) is 12.9. The monoisotopic (exact) mass is 241 g/mol. The lowest BCUT2D eigenvalue weighted by atomic mass is 9.88. The van der Waals surface area contributed by atoms with Crippen LogP contribution in [0.3, 0.4) is 0 Å². The van der Waals surface area contributed by atoms with Gasteiger partial charge in [0, 0.05) is 19.6 Å². The SMILES string of the molecule is CCNC(=O)CN(CC)C(=O)C1(C)CCNC1. The van der Waals surface area contributed by atoms with E-state index >= 15 is 0 Å². The largest absolute Gasteiger partial charge is 0.355 e. The minimum absolute atomic E-state index is 0.0799. The number of likely N-dealkylation sites (N-methyl/N-ethyl adjacent to an activating group) is 2. The average Bonchev–Trinajstić information content (AvgIpc) is 2.74. The van der Waals surface area contributed by atoms with E-state index in [4.69, 9.17) is 0 Å². The van der Waals surface area contributed by atoms with Crippen LogP contribution in [0.4, 0.5) is 0 Å². The van der Waals surface area contributed by atoms with Crippen LogP contribution in [-0.2, 0) is 9.59 Å². The lowest BCUT2D eigenvalue weighted by Crippen LogP contribution is -2.47. The topological polar surface area (TPSA) is 61.4 Å². The predicted octanol–water partition coefficient (Wildman–Crippen LogP) is -0.0294. The second kappa shape index (κ2) is 6.00. The molecule has 1 atom stereocenters. The van der Waals surface area contributed by atoms with Crippen LogP contribution in [0.5, 0.6) is 0 Å². The van der Waals surface area contributed by atoms with E-state index in [0.717, 1.165) is 13.0 Å². The molecular weight excluding hydrogens is 218 g/mol. The molecule has 5 heteroatoms. The van der Waals surface area contributed by atoms with E-state index in [0.29, 0.717) is 19.6 Å². The first-order chi connectivity index (χ1) is 8.03. The fourth-order valence-electron chi connectivity index (χ4n) is 2.13. The molecule has 98 valence electrons. The number of nitrogens with one attached hydrogen (secondary N) is 2. The molecule has 2 amide bonds. The number of carbonyl (C=O) groups excluding carboxylic acids is 2. The zero-order valence-electron chi connectivity index (χ0n) is 11.0. The molecule has 1 rings (SSSR count). The van der Waals surface area contributed by atoms with Gasteiger partial charge < -0.3 is 15.5 Å². The molecule has 1 aliphatic rings. The van der Waals surface area contributed by atoms with Crippen LogP contribution in [0, 0.1) is 5.41 Å². The van der Waals surface area contributed by atoms with Crippen molar-refractivity contribution in [3.8, 4) is 0 Å². The van der Waals surface area contributed by atoms with Crippen LogP contribution in [0.2, 0.25) is 0 Å². The minimum Gasteiger partial charge on any atom is -0.355 e. The van der Waals surface area contributed by atoms with Crippen molar-refractivity contribution in [3.63, 3.8) is 0 Å². The zero-order valence-corrected chi connectivity index (χ0v) is 11.0. The van der Waals surface area contributed by atoms with Gasteiger partial charge in [-0.1, -0.05) is 0 Å². The average molecular weight is 241 g/mol. The predicted molar refractivity (Wildman–Crippen MR) is 66.5 cm³/mol. The van der Waals surface area contributed by atoms with Crippen molar-refractivity contribution >= 4 is 11.8 Å². The van der Waals surface area contributed by atoms with Gasteiger partial charge in [0.15, 0.2) is 0 Å². The van der Waals surface area contributed by atoms with Gasteiger partial charge in [-0.25, -0.2) is 0 Å². The van der Waals surface area contributed by atoms with Crippen molar-refractivity contribution in [1.29, 1.82) is 0 Å². The summed E-state index contributed by atoms with van der Waals surface area (Å²) in [7, 11) is 0. The highest BCUT2D eigenvalue weighted by molar-refractivity contribution is 5.88. The summed E-state index contributed by atoms with van der Waals surface area (Å²) in [5.41, 5.74) is -0.345. The molecule has 17 heavy (non-hydrogen) atoms. The number of nitrogens with zero attached hydrogens (tertiary/aromatic N) is 1. The Balaban J connectivity index is 2.60. The van der Waals surface area contributed by atoms with E-state index in [-0.39, 0.29) is 23.8 Å². The molecule has 0 bridgehead atoms. The fraction of sp³-hybridized carbons (Fsp3) is 0.833. The summed E-state index contributed by atoms with van der Waals surface area (Å²) >= 11 is 0. The Kier molecular flexibility index (Phi) is 4.93. The summed E-state index contributed by atoms with van der Waals surface area (Å²) in [5.74, 6) is -0.00601. The van der Waals surface area contributed by atoms with E-state index in [1.54, 1.807) is 4.90 Å². The lowest BCUT2D eigenvalue weighted by Gasteiger charge is -2.30. The Labute approximate surface area is 103 Å². The van der Waals surface area contributed by atoms with Gasteiger partial charge in [-0.3, -0.25) is 9.59 Å². The third kappa shape index (κ3) is 3.43. The quantitative estimate of drug-likeness (QED) is 0.710. The molecule has 0 aliphatic carbocycles. The first-order valence-corrected chi connectivity index (χ1v) is 6.30. The Morgan fingerprint density at radius 3 is 2.59 bits per heavy atom. The van der Waals surface area contributed by atoms with Gasteiger partial charge in [0.25, 0.3) is 0 Å². The maximum atomic E-state index is 12.3. The van der Waals surface area contributed by atoms with E-state index in [9.17, 15) is 9.59 Å². The molecule has 1 heterocycles. The number of hydrogen-bond donors (Lipinski definition) is 2. The molecule has 1 unspecified atom stereocenters. The molecule has 0 aromatic rings. The third-order valence-electron chi connectivity index (χ3n) is 3.26. The van der Waals surface area contributed by atoms with Crippen molar-refractivity contribution in [1.82, 2.24) is 15.5 Å². The van der Waals surface area contributed by atoms with Crippen LogP contribution in [0.25, 0.3) is 0 Å². The van der Waals surface area contributed by atoms with Crippen LogP contribution >= 0.6 is 0 Å². The second-order valence-corrected chi connectivity index (χ2v) is 4.76. The fourth-order valence-corrected chi connectivity index (χ4v) is 2.13. The van der Waals surface area contributed by atoms with Crippen LogP contribution in [-0.4, -0.2) is 49.4 Å². The van der Waals surface area contributed by atoms with Gasteiger partial charge in [-0.05, 0) is 33.7 Å². The Morgan fingerprint density at radius 1 is 1.41 bits per heavy atom. The van der Waals surface area contributed by atoms with Gasteiger partial charge in [-0.15, -0.1) is 0 Å². The van der Waals surface area contributed by atoms with Gasteiger partial charge in [0.2, 0.25) is 11.8 Å². The van der Waals surface area contributed by atoms with E-state index in [2.05, 4.69) is 10.6 Å². The van der Waals surface area contributed by atoms with Crippen LogP contribution in [0.15, 0.2) is 0 Å². The van der Waals surface area contributed by atoms with Crippen molar-refractivity contribution in [3.05, 3.63) is 0 Å². The summed E-state index contributed by atoms with van der Waals surface area (Å²) in [6, 6.07) is 0. The Hall–Kier alpha value is -1.10. The second-order valence-electron chi connectivity index (χ2n) is 4.76. The number of carbonyl (C=O) groups is 2. The molecule has 0 radical (unpaired) electrons. The van der Waals surface area contributed by atoms with Gasteiger partial charge in [0.1, 0.15) is 0 Å².